The molecule has 8 nitrogen and oxygen atoms in total. The van der Waals surface area contributed by atoms with Crippen LogP contribution in [0.1, 0.15) is 22.3 Å². The van der Waals surface area contributed by atoms with Crippen LogP contribution in [0.4, 0.5) is 32.3 Å². The van der Waals surface area contributed by atoms with Crippen molar-refractivity contribution in [3.63, 3.8) is 0 Å². The van der Waals surface area contributed by atoms with Crippen LogP contribution >= 0.6 is 0 Å². The summed E-state index contributed by atoms with van der Waals surface area (Å²) in [6.07, 6.45) is 0.269. The van der Waals surface area contributed by atoms with Crippen molar-refractivity contribution in [3.05, 3.63) is 119 Å². The van der Waals surface area contributed by atoms with Gasteiger partial charge in [-0.15, -0.1) is 0 Å². The van der Waals surface area contributed by atoms with E-state index in [1.54, 1.807) is 24.3 Å². The van der Waals surface area contributed by atoms with Gasteiger partial charge in [0.1, 0.15) is 13.2 Å². The number of carbonyl (C=O) groups excluding carboxylic acids is 2. The number of hydrogen-bond acceptors (Lipinski definition) is 6. The number of benzene rings is 4. The first-order chi connectivity index (χ1) is 18.4. The lowest BCUT2D eigenvalue weighted by Gasteiger charge is -2.10. The van der Waals surface area contributed by atoms with Crippen LogP contribution in [0.25, 0.3) is 0 Å². The SMILES string of the molecule is Nc1ccc(Cc2ccc(NC(=O)OCCOC(=O)Nc3ccc(Cc4ccc(N)cc4)cc3)cc2)cc1. The molecule has 6 N–H and O–H groups in total. The number of carbonyl (C=O) groups is 2. The second-order valence-electron chi connectivity index (χ2n) is 8.75. The van der Waals surface area contributed by atoms with E-state index in [0.29, 0.717) is 11.4 Å². The molecule has 0 atom stereocenters. The molecule has 0 unspecified atom stereocenters. The van der Waals surface area contributed by atoms with E-state index in [1.165, 1.54) is 0 Å². The van der Waals surface area contributed by atoms with Crippen molar-refractivity contribution in [2.75, 3.05) is 35.3 Å². The fourth-order valence-corrected chi connectivity index (χ4v) is 3.73. The Hall–Kier alpha value is -4.98. The van der Waals surface area contributed by atoms with E-state index in [4.69, 9.17) is 20.9 Å². The Morgan fingerprint density at radius 1 is 0.500 bits per heavy atom. The summed E-state index contributed by atoms with van der Waals surface area (Å²) in [7, 11) is 0. The second kappa shape index (κ2) is 12.8. The molecule has 38 heavy (non-hydrogen) atoms. The highest BCUT2D eigenvalue weighted by atomic mass is 16.6. The molecule has 0 bridgehead atoms. The van der Waals surface area contributed by atoms with Gasteiger partial charge in [-0.25, -0.2) is 9.59 Å². The standard InChI is InChI=1S/C30H30N4O4/c31-25-9-1-21(2-10-25)19-23-5-13-27(14-6-23)33-29(35)37-17-18-38-30(36)34-28-15-7-24(8-16-28)20-22-3-11-26(32)12-4-22/h1-16H,17-20,31-32H2,(H,33,35)(H,34,36). The Bertz CT molecular complexity index is 1230. The average molecular weight is 511 g/mol. The predicted molar refractivity (Wildman–Crippen MR) is 150 cm³/mol. The minimum absolute atomic E-state index is 0.0744. The quantitative estimate of drug-likeness (QED) is 0.166. The van der Waals surface area contributed by atoms with Gasteiger partial charge in [-0.05, 0) is 83.6 Å². The maximum absolute atomic E-state index is 12.0. The molecule has 0 saturated heterocycles. The van der Waals surface area contributed by atoms with Gasteiger partial charge in [-0.1, -0.05) is 48.5 Å². The first kappa shape index (κ1) is 26.1. The molecule has 4 rings (SSSR count). The first-order valence-electron chi connectivity index (χ1n) is 12.2. The van der Waals surface area contributed by atoms with E-state index in [9.17, 15) is 9.59 Å². The van der Waals surface area contributed by atoms with E-state index >= 15 is 0 Å². The highest BCUT2D eigenvalue weighted by Gasteiger charge is 2.07. The summed E-state index contributed by atoms with van der Waals surface area (Å²) in [5, 5.41) is 5.31. The van der Waals surface area contributed by atoms with Gasteiger partial charge in [0.05, 0.1) is 0 Å². The van der Waals surface area contributed by atoms with Crippen molar-refractivity contribution in [1.82, 2.24) is 0 Å². The Balaban J connectivity index is 1.12. The van der Waals surface area contributed by atoms with Crippen molar-refractivity contribution in [3.8, 4) is 0 Å². The summed E-state index contributed by atoms with van der Waals surface area (Å²) in [6.45, 7) is -0.149. The summed E-state index contributed by atoms with van der Waals surface area (Å²) >= 11 is 0. The molecule has 0 heterocycles. The molecule has 0 saturated carbocycles. The third-order valence-electron chi connectivity index (χ3n) is 5.73. The molecule has 0 aliphatic heterocycles. The van der Waals surface area contributed by atoms with Crippen LogP contribution in [0.5, 0.6) is 0 Å². The van der Waals surface area contributed by atoms with Gasteiger partial charge in [-0.2, -0.15) is 0 Å². The number of nitrogen functional groups attached to an aromatic ring is 2. The molecule has 8 heteroatoms. The number of rotatable bonds is 9. The summed E-state index contributed by atoms with van der Waals surface area (Å²) < 4.78 is 10.2. The van der Waals surface area contributed by atoms with Gasteiger partial charge >= 0.3 is 12.2 Å². The highest BCUT2D eigenvalue weighted by Crippen LogP contribution is 2.16. The van der Waals surface area contributed by atoms with Crippen LogP contribution < -0.4 is 22.1 Å². The predicted octanol–water partition coefficient (Wildman–Crippen LogP) is 5.83. The number of hydrogen-bond donors (Lipinski definition) is 4. The molecule has 0 spiro atoms. The normalized spacial score (nSPS) is 10.4. The van der Waals surface area contributed by atoms with Crippen LogP contribution in [0.15, 0.2) is 97.1 Å². The molecule has 4 aromatic carbocycles. The molecule has 0 fully saturated rings. The largest absolute Gasteiger partial charge is 0.446 e. The topological polar surface area (TPSA) is 129 Å². The zero-order chi connectivity index (χ0) is 26.7. The fraction of sp³-hybridized carbons (Fsp3) is 0.133. The molecule has 0 aromatic heterocycles. The van der Waals surface area contributed by atoms with Crippen LogP contribution in [-0.2, 0) is 22.3 Å². The molecule has 0 aliphatic rings. The van der Waals surface area contributed by atoms with Gasteiger partial charge in [-0.3, -0.25) is 10.6 Å². The molecule has 194 valence electrons. The zero-order valence-electron chi connectivity index (χ0n) is 20.9. The van der Waals surface area contributed by atoms with Crippen LogP contribution in [0.3, 0.4) is 0 Å². The Morgan fingerprint density at radius 2 is 0.789 bits per heavy atom. The molecular weight excluding hydrogens is 480 g/mol. The summed E-state index contributed by atoms with van der Waals surface area (Å²) in [5.41, 5.74) is 18.6. The maximum Gasteiger partial charge on any atom is 0.411 e. The lowest BCUT2D eigenvalue weighted by Crippen LogP contribution is -2.20. The highest BCUT2D eigenvalue weighted by molar-refractivity contribution is 5.85. The summed E-state index contributed by atoms with van der Waals surface area (Å²) in [5.74, 6) is 0. The molecule has 0 radical (unpaired) electrons. The van der Waals surface area contributed by atoms with E-state index in [2.05, 4.69) is 10.6 Å². The fourth-order valence-electron chi connectivity index (χ4n) is 3.73. The molecule has 0 aliphatic carbocycles. The van der Waals surface area contributed by atoms with Crippen LogP contribution in [0, 0.1) is 0 Å². The van der Waals surface area contributed by atoms with Gasteiger partial charge in [0.25, 0.3) is 0 Å². The van der Waals surface area contributed by atoms with E-state index in [1.807, 2.05) is 72.8 Å². The van der Waals surface area contributed by atoms with Gasteiger partial charge < -0.3 is 20.9 Å². The number of nitrogens with two attached hydrogens (primary N) is 2. The van der Waals surface area contributed by atoms with Gasteiger partial charge in [0.15, 0.2) is 0 Å². The Morgan fingerprint density at radius 3 is 1.11 bits per heavy atom. The van der Waals surface area contributed by atoms with Crippen LogP contribution in [-0.4, -0.2) is 25.4 Å². The van der Waals surface area contributed by atoms with Crippen molar-refractivity contribution in [2.24, 2.45) is 0 Å². The van der Waals surface area contributed by atoms with Crippen molar-refractivity contribution in [2.45, 2.75) is 12.8 Å². The molecular formula is C30H30N4O4. The minimum Gasteiger partial charge on any atom is -0.446 e. The lowest BCUT2D eigenvalue weighted by atomic mass is 10.0. The number of ether oxygens (including phenoxy) is 2. The van der Waals surface area contributed by atoms with Crippen molar-refractivity contribution >= 4 is 34.9 Å². The monoisotopic (exact) mass is 510 g/mol. The smallest absolute Gasteiger partial charge is 0.411 e. The van der Waals surface area contributed by atoms with E-state index in [-0.39, 0.29) is 13.2 Å². The van der Waals surface area contributed by atoms with Gasteiger partial charge in [0, 0.05) is 22.7 Å². The summed E-state index contributed by atoms with van der Waals surface area (Å²) in [4.78, 5) is 24.1. The minimum atomic E-state index is -0.628. The summed E-state index contributed by atoms with van der Waals surface area (Å²) in [6, 6.07) is 30.4. The van der Waals surface area contributed by atoms with Gasteiger partial charge in [0.2, 0.25) is 0 Å². The third kappa shape index (κ3) is 8.30. The molecule has 4 aromatic rings. The second-order valence-corrected chi connectivity index (χ2v) is 8.75. The van der Waals surface area contributed by atoms with Crippen molar-refractivity contribution in [1.29, 1.82) is 0 Å². The number of anilines is 4. The lowest BCUT2D eigenvalue weighted by molar-refractivity contribution is 0.110. The average Bonchev–Trinajstić information content (AvgIpc) is 2.91. The third-order valence-corrected chi connectivity index (χ3v) is 5.73. The van der Waals surface area contributed by atoms with Crippen LogP contribution in [0.2, 0.25) is 0 Å². The number of amides is 2. The maximum atomic E-state index is 12.0. The van der Waals surface area contributed by atoms with Crippen molar-refractivity contribution < 1.29 is 19.1 Å². The first-order valence-corrected chi connectivity index (χ1v) is 12.2. The Labute approximate surface area is 221 Å². The van der Waals surface area contributed by atoms with E-state index in [0.717, 1.165) is 46.5 Å². The molecule has 2 amide bonds. The zero-order valence-corrected chi connectivity index (χ0v) is 20.9. The number of nitrogens with one attached hydrogen (secondary N) is 2. The van der Waals surface area contributed by atoms with E-state index < -0.39 is 12.2 Å². The Kier molecular flexibility index (Phi) is 8.80.